The van der Waals surface area contributed by atoms with Crippen LogP contribution < -0.4 is 0 Å². The van der Waals surface area contributed by atoms with Crippen molar-refractivity contribution >= 4 is 148 Å². The molecule has 0 atom stereocenters. The number of aromatic nitrogens is 8. The highest BCUT2D eigenvalue weighted by Crippen LogP contribution is 2.44. The first kappa shape index (κ1) is 86.2. The second kappa shape index (κ2) is 38.2. The Morgan fingerprint density at radius 1 is 0.234 bits per heavy atom. The molecule has 15 heterocycles. The highest BCUT2D eigenvalue weighted by molar-refractivity contribution is 6.13. The molecule has 7 aliphatic heterocycles. The Balaban J connectivity index is 0.0000000891. The van der Waals surface area contributed by atoms with Gasteiger partial charge in [-0.15, -0.1) is 0 Å². The average Bonchev–Trinajstić information content (AvgIpc) is 1.49. The summed E-state index contributed by atoms with van der Waals surface area (Å²) in [6.45, 7) is 6.95. The van der Waals surface area contributed by atoms with E-state index in [9.17, 15) is 0 Å². The number of hydrogen-bond acceptors (Lipinski definition) is 3. The number of hydrogen-bond donors (Lipinski definition) is 0. The fourth-order valence-corrected chi connectivity index (χ4v) is 23.4. The second-order valence-corrected chi connectivity index (χ2v) is 38.6. The minimum absolute atomic E-state index is 0.606. The van der Waals surface area contributed by atoms with Crippen molar-refractivity contribution in [2.24, 2.45) is 0 Å². The summed E-state index contributed by atoms with van der Waals surface area (Å²) in [4.78, 5) is 8.70. The first-order chi connectivity index (χ1) is 69.9. The van der Waals surface area contributed by atoms with Gasteiger partial charge in [-0.1, -0.05) is 238 Å². The summed E-state index contributed by atoms with van der Waals surface area (Å²) in [5.74, 6) is 2.08. The Morgan fingerprint density at radius 2 is 0.539 bits per heavy atom. The zero-order valence-corrected chi connectivity index (χ0v) is 79.3. The Kier molecular flexibility index (Phi) is 23.4. The first-order valence-corrected chi connectivity index (χ1v) is 50.4. The fraction of sp³-hybridized carbons (Fsp3) is 0.175. The molecule has 0 unspecified atom stereocenters. The number of pyridine rings is 2. The average molecular weight is 1840 g/mol. The van der Waals surface area contributed by atoms with Gasteiger partial charge in [0.2, 0.25) is 74.1 Å². The predicted molar refractivity (Wildman–Crippen MR) is 575 cm³/mol. The van der Waals surface area contributed by atoms with Crippen molar-refractivity contribution in [1.82, 2.24) is 37.4 Å². The number of rotatable bonds is 11. The van der Waals surface area contributed by atoms with Crippen molar-refractivity contribution < 1.29 is 32.2 Å². The predicted octanol–water partition coefficient (Wildman–Crippen LogP) is 28.1. The van der Waals surface area contributed by atoms with E-state index < -0.39 is 0 Å². The van der Waals surface area contributed by atoms with Crippen molar-refractivity contribution in [2.75, 3.05) is 13.2 Å². The van der Waals surface area contributed by atoms with Gasteiger partial charge in [-0.3, -0.25) is 37.4 Å². The van der Waals surface area contributed by atoms with Gasteiger partial charge in [0.25, 0.3) is 0 Å². The van der Waals surface area contributed by atoms with Gasteiger partial charge < -0.3 is 4.74 Å². The molecule has 1 saturated heterocycles. The van der Waals surface area contributed by atoms with Gasteiger partial charge in [0.05, 0.1) is 89.1 Å². The van der Waals surface area contributed by atoms with E-state index in [-0.39, 0.29) is 0 Å². The van der Waals surface area contributed by atoms with E-state index >= 15 is 0 Å². The van der Waals surface area contributed by atoms with Crippen LogP contribution in [0.5, 0.6) is 0 Å². The Hall–Kier alpha value is -16.4. The van der Waals surface area contributed by atoms with Crippen LogP contribution in [0.25, 0.3) is 99.0 Å². The summed E-state index contributed by atoms with van der Waals surface area (Å²) in [5.41, 5.74) is 33.8. The molecular weight excluding hydrogens is 1730 g/mol. The van der Waals surface area contributed by atoms with Crippen LogP contribution in [0.1, 0.15) is 139 Å². The topological polar surface area (TPSA) is 82.7 Å². The molecule has 15 nitrogen and oxygen atoms in total. The van der Waals surface area contributed by atoms with Crippen LogP contribution in [-0.4, -0.2) is 115 Å². The number of fused-ring (bicyclic) bond motifs is 3. The van der Waals surface area contributed by atoms with Crippen LogP contribution in [0.2, 0.25) is 0 Å². The molecule has 2 saturated carbocycles. The summed E-state index contributed by atoms with van der Waals surface area (Å²) in [5, 5.41) is 9.38. The maximum Gasteiger partial charge on any atom is 0.228 e. The molecule has 0 bridgehead atoms. The molecule has 141 heavy (non-hydrogen) atoms. The molecule has 2 aliphatic carbocycles. The standard InChI is InChI=1S/C22H23N2.2C21H16N3.C21H21N2O.C21H21N2.C20H15N2/c1-3-8-17(9-4-1)21-14-18-10-7-11-19-15-23(16-24(21)22(18)19)20-12-5-2-6-13-20;1-2-9-18(10-3-1)23-14-17-8-6-7-16-13-20(24(15-23)21(16)17)19-11-4-5-12-22-19;1-2-7-19(8-3-1)23-14-18-6-4-5-17-13-20(24(15-23)21(17)18)16-9-11-22-12-10-16;1-2-7-19(8-3-1)22-14-18-6-4-5-17-13-20(23(15-22)21(17)18)16-9-11-24-12-10-16;1-2-11-19(12-3-1)22-14-18-10-6-9-17-13-20(16-7-4-5-8-16)23(15-22)21(17)18;1-2-8-16(9-3-1)21-13-15-7-6-11-18-17-10-4-5-12-19(17)22(14-21)20(15)18/h2,5-7,10-15,17H,1,3-4,8-9,16H2;2*1-14H,15H2;1-8,13-14,16H,9-12,15H2;1-3,6,9-14,16H,4-5,7-8,15H2;1-13H,14H2/q6*+1. The van der Waals surface area contributed by atoms with Crippen LogP contribution in [-0.2, 0) is 44.7 Å². The second-order valence-electron chi connectivity index (χ2n) is 38.6. The first-order valence-electron chi connectivity index (χ1n) is 50.4. The van der Waals surface area contributed by atoms with Crippen molar-refractivity contribution in [3.05, 3.63) is 445 Å². The van der Waals surface area contributed by atoms with Gasteiger partial charge in [-0.25, -0.2) is 0 Å². The van der Waals surface area contributed by atoms with Crippen molar-refractivity contribution in [2.45, 2.75) is 128 Å². The van der Waals surface area contributed by atoms with E-state index in [0.717, 1.165) is 89.3 Å². The zero-order chi connectivity index (χ0) is 93.5. The fourth-order valence-electron chi connectivity index (χ4n) is 23.4. The molecule has 15 heteroatoms. The highest BCUT2D eigenvalue weighted by atomic mass is 16.5. The summed E-state index contributed by atoms with van der Waals surface area (Å²) in [7, 11) is 0. The number of nitrogens with zero attached hydrogens (tertiary/aromatic N) is 14. The molecule has 686 valence electrons. The van der Waals surface area contributed by atoms with E-state index in [0.29, 0.717) is 5.92 Å². The molecule has 30 rings (SSSR count). The summed E-state index contributed by atoms with van der Waals surface area (Å²) in [6.07, 6.45) is 33.8. The van der Waals surface area contributed by atoms with Crippen LogP contribution in [0.15, 0.2) is 395 Å². The number of ether oxygens (including phenoxy) is 1. The Morgan fingerprint density at radius 3 is 0.929 bits per heavy atom. The summed E-state index contributed by atoms with van der Waals surface area (Å²) >= 11 is 0. The van der Waals surface area contributed by atoms with Crippen LogP contribution in [0.3, 0.4) is 0 Å². The Bertz CT molecular complexity index is 8120. The smallest absolute Gasteiger partial charge is 0.228 e. The van der Waals surface area contributed by atoms with E-state index in [2.05, 4.69) is 466 Å². The van der Waals surface area contributed by atoms with E-state index in [1.165, 1.54) is 219 Å². The summed E-state index contributed by atoms with van der Waals surface area (Å²) in [6, 6.07) is 134. The lowest BCUT2D eigenvalue weighted by Gasteiger charge is -2.24. The molecule has 3 fully saturated rings. The minimum Gasteiger partial charge on any atom is -0.381 e. The van der Waals surface area contributed by atoms with Gasteiger partial charge in [0.15, 0.2) is 37.3 Å². The lowest BCUT2D eigenvalue weighted by Crippen LogP contribution is -2.23. The lowest BCUT2D eigenvalue weighted by molar-refractivity contribution is -0.472. The zero-order valence-electron chi connectivity index (χ0n) is 79.3. The van der Waals surface area contributed by atoms with Gasteiger partial charge >= 0.3 is 0 Å². The third-order valence-corrected chi connectivity index (χ3v) is 30.1. The highest BCUT2D eigenvalue weighted by Gasteiger charge is 2.35. The minimum atomic E-state index is 0.606. The lowest BCUT2D eigenvalue weighted by atomic mass is 9.87. The maximum atomic E-state index is 5.57. The van der Waals surface area contributed by atoms with Gasteiger partial charge in [-0.2, -0.15) is 27.5 Å². The van der Waals surface area contributed by atoms with Gasteiger partial charge in [-0.05, 0) is 147 Å². The summed E-state index contributed by atoms with van der Waals surface area (Å²) < 4.78 is 34.4. The molecule has 13 aromatic carbocycles. The molecule has 0 spiro atoms. The van der Waals surface area contributed by atoms with Crippen LogP contribution in [0, 0.1) is 0 Å². The number of para-hydroxylation sites is 13. The number of benzene rings is 13. The van der Waals surface area contributed by atoms with Crippen LogP contribution >= 0.6 is 0 Å². The van der Waals surface area contributed by atoms with Crippen LogP contribution in [0.4, 0.5) is 34.1 Å². The molecule has 8 aromatic heterocycles. The van der Waals surface area contributed by atoms with Crippen molar-refractivity contribution in [3.8, 4) is 22.6 Å². The monoisotopic (exact) mass is 1840 g/mol. The molecule has 21 aromatic rings. The van der Waals surface area contributed by atoms with E-state index in [4.69, 9.17) is 4.74 Å². The van der Waals surface area contributed by atoms with Crippen molar-refractivity contribution in [1.29, 1.82) is 0 Å². The van der Waals surface area contributed by atoms with E-state index in [1.54, 1.807) is 11.4 Å². The molecular formula is C126H112N14O+6. The van der Waals surface area contributed by atoms with Gasteiger partial charge in [0, 0.05) is 171 Å². The maximum absolute atomic E-state index is 5.57. The quantitative estimate of drug-likeness (QED) is 0.121. The van der Waals surface area contributed by atoms with E-state index in [1.807, 2.05) is 30.7 Å². The third-order valence-electron chi connectivity index (χ3n) is 30.1. The van der Waals surface area contributed by atoms with Crippen molar-refractivity contribution in [3.63, 3.8) is 0 Å². The molecule has 0 amide bonds. The normalized spacial score (nSPS) is 15.5. The SMILES string of the molecule is C1=[N+](c2ccccc2)Cn2c(-c3ccccn3)cc3cccc1c32.C1=[N+](c2ccccc2)Cn2c(-c3ccncc3)cc3cccc1c32.C1=[N+](c2ccccc2)Cn2c(C3CCCC3)cc3cccc1c32.C1=[N+](c2ccccc2)Cn2c(C3CCCCC3)cc3cccc1c32.C1=[N+](c2ccccc2)Cn2c(C3CCOCC3)cc3cccc1c32.C1=[N+](c2ccccc2)Cn2c3ccccc3c3cccc1c32. The van der Waals surface area contributed by atoms with Gasteiger partial charge in [0.1, 0.15) is 0 Å². The largest absolute Gasteiger partial charge is 0.381 e. The molecule has 0 N–H and O–H groups in total. The molecule has 9 aliphatic rings. The Labute approximate surface area is 821 Å². The third kappa shape index (κ3) is 16.8. The molecule has 0 radical (unpaired) electrons.